The van der Waals surface area contributed by atoms with Crippen LogP contribution in [0.25, 0.3) is 0 Å². The molecule has 46 heavy (non-hydrogen) atoms. The molecule has 0 N–H and O–H groups in total. The van der Waals surface area contributed by atoms with Gasteiger partial charge in [-0.25, -0.2) is 0 Å². The van der Waals surface area contributed by atoms with Gasteiger partial charge in [0.15, 0.2) is 0 Å². The molecule has 3 atom stereocenters. The van der Waals surface area contributed by atoms with Crippen molar-refractivity contribution < 1.29 is 28.3 Å². The van der Waals surface area contributed by atoms with Crippen LogP contribution in [-0.4, -0.2) is 46.1 Å². The van der Waals surface area contributed by atoms with Crippen molar-refractivity contribution in [1.29, 1.82) is 0 Å². The zero-order chi connectivity index (χ0) is 32.6. The Labute approximate surface area is 273 Å². The first kappa shape index (κ1) is 33.4. The molecule has 0 amide bonds. The molecular formula is C39H43BO6. The van der Waals surface area contributed by atoms with E-state index in [4.69, 9.17) is 23.5 Å². The van der Waals surface area contributed by atoms with E-state index in [0.29, 0.717) is 6.61 Å². The average molecular weight is 619 g/mol. The molecule has 238 valence electrons. The smallest absolute Gasteiger partial charge is 0.465 e. The minimum Gasteiger partial charge on any atom is -0.466 e. The molecule has 0 radical (unpaired) electrons. The zero-order valence-electron chi connectivity index (χ0n) is 27.3. The van der Waals surface area contributed by atoms with Gasteiger partial charge in [-0.3, -0.25) is 4.79 Å². The number of allylic oxidation sites excluding steroid dienone is 2. The molecule has 6 nitrogen and oxygen atoms in total. The number of methoxy groups -OCH3 is 2. The standard InChI is InChI=1S/C39H43BO6/c1-6-44-35(41)28-34(27-29(2)3)40-45-36(38(42-4,30-19-11-7-12-20-30)31-21-13-8-14-22-31)37(46-40)39(43-5,32-23-15-9-16-24-32)33-25-17-10-18-26-33/h7-27,34,36-37H,6,28H2,1-5H3/t34-,36-,37-/m1/s1. The summed E-state index contributed by atoms with van der Waals surface area (Å²) in [6, 6.07) is 40.3. The van der Waals surface area contributed by atoms with Crippen molar-refractivity contribution in [1.82, 2.24) is 0 Å². The molecule has 1 aliphatic rings. The van der Waals surface area contributed by atoms with Gasteiger partial charge in [0.25, 0.3) is 0 Å². The van der Waals surface area contributed by atoms with Gasteiger partial charge in [0.2, 0.25) is 0 Å². The maximum atomic E-state index is 12.9. The minimum atomic E-state index is -1.13. The molecule has 0 saturated carbocycles. The van der Waals surface area contributed by atoms with E-state index in [1.54, 1.807) is 14.2 Å². The summed E-state index contributed by atoms with van der Waals surface area (Å²) in [4.78, 5) is 12.9. The lowest BCUT2D eigenvalue weighted by molar-refractivity contribution is -0.143. The van der Waals surface area contributed by atoms with E-state index in [2.05, 4.69) is 48.5 Å². The molecule has 1 fully saturated rings. The van der Waals surface area contributed by atoms with Gasteiger partial charge in [-0.05, 0) is 43.0 Å². The number of hydrogen-bond donors (Lipinski definition) is 0. The predicted molar refractivity (Wildman–Crippen MR) is 181 cm³/mol. The first-order valence-electron chi connectivity index (χ1n) is 15.8. The minimum absolute atomic E-state index is 0.0937. The van der Waals surface area contributed by atoms with E-state index in [-0.39, 0.29) is 12.4 Å². The van der Waals surface area contributed by atoms with Gasteiger partial charge in [-0.1, -0.05) is 133 Å². The van der Waals surface area contributed by atoms with Crippen LogP contribution >= 0.6 is 0 Å². The van der Waals surface area contributed by atoms with Gasteiger partial charge in [0.1, 0.15) is 23.4 Å². The van der Waals surface area contributed by atoms with Gasteiger partial charge < -0.3 is 23.5 Å². The molecule has 1 aliphatic heterocycles. The lowest BCUT2D eigenvalue weighted by atomic mass is 9.69. The SMILES string of the molecule is CCOC(=O)C[C@@H](C=C(C)C)B1O[C@@H](C(OC)(c2ccccc2)c2ccccc2)[C@H](C(OC)(c2ccccc2)c2ccccc2)O1. The second kappa shape index (κ2) is 15.1. The number of carbonyl (C=O) groups excluding carboxylic acids is 1. The predicted octanol–water partition coefficient (Wildman–Crippen LogP) is 7.73. The second-order valence-electron chi connectivity index (χ2n) is 11.7. The van der Waals surface area contributed by atoms with Crippen molar-refractivity contribution >= 4 is 13.1 Å². The highest BCUT2D eigenvalue weighted by atomic mass is 16.7. The lowest BCUT2D eigenvalue weighted by Crippen LogP contribution is -2.56. The topological polar surface area (TPSA) is 63.2 Å². The number of carbonyl (C=O) groups is 1. The summed E-state index contributed by atoms with van der Waals surface area (Å²) >= 11 is 0. The quantitative estimate of drug-likeness (QED) is 0.0869. The Hall–Kier alpha value is -4.01. The summed E-state index contributed by atoms with van der Waals surface area (Å²) in [6.45, 7) is 6.11. The van der Waals surface area contributed by atoms with Crippen molar-refractivity contribution in [2.75, 3.05) is 20.8 Å². The largest absolute Gasteiger partial charge is 0.466 e. The Morgan fingerprint density at radius 1 is 0.696 bits per heavy atom. The van der Waals surface area contributed by atoms with Crippen LogP contribution in [0, 0.1) is 0 Å². The molecule has 0 unspecified atom stereocenters. The third kappa shape index (κ3) is 6.46. The molecule has 0 spiro atoms. The van der Waals surface area contributed by atoms with Gasteiger partial charge in [-0.2, -0.15) is 0 Å². The molecule has 4 aromatic rings. The second-order valence-corrected chi connectivity index (χ2v) is 11.7. The maximum absolute atomic E-state index is 12.9. The number of ether oxygens (including phenoxy) is 3. The fourth-order valence-corrected chi connectivity index (χ4v) is 6.79. The average Bonchev–Trinajstić information content (AvgIpc) is 3.54. The monoisotopic (exact) mass is 618 g/mol. The lowest BCUT2D eigenvalue weighted by Gasteiger charge is -2.47. The van der Waals surface area contributed by atoms with Crippen LogP contribution in [0.5, 0.6) is 0 Å². The van der Waals surface area contributed by atoms with E-state index in [1.165, 1.54) is 0 Å². The van der Waals surface area contributed by atoms with Crippen LogP contribution in [0.2, 0.25) is 5.82 Å². The highest BCUT2D eigenvalue weighted by Crippen LogP contribution is 2.51. The fraction of sp³-hybridized carbons (Fsp3) is 0.308. The van der Waals surface area contributed by atoms with Crippen molar-refractivity contribution in [3.8, 4) is 0 Å². The van der Waals surface area contributed by atoms with Crippen molar-refractivity contribution in [2.24, 2.45) is 0 Å². The van der Waals surface area contributed by atoms with Crippen LogP contribution in [-0.2, 0) is 39.5 Å². The Morgan fingerprint density at radius 3 is 1.33 bits per heavy atom. The van der Waals surface area contributed by atoms with Crippen LogP contribution < -0.4 is 0 Å². The molecular weight excluding hydrogens is 575 g/mol. The van der Waals surface area contributed by atoms with Crippen LogP contribution in [0.1, 0.15) is 49.4 Å². The van der Waals surface area contributed by atoms with Crippen molar-refractivity contribution in [3.63, 3.8) is 0 Å². The first-order valence-corrected chi connectivity index (χ1v) is 15.8. The van der Waals surface area contributed by atoms with Gasteiger partial charge >= 0.3 is 13.1 Å². The molecule has 4 aromatic carbocycles. The number of esters is 1. The van der Waals surface area contributed by atoms with E-state index in [1.807, 2.05) is 99.6 Å². The van der Waals surface area contributed by atoms with Crippen molar-refractivity contribution in [3.05, 3.63) is 155 Å². The zero-order valence-corrected chi connectivity index (χ0v) is 27.3. The fourth-order valence-electron chi connectivity index (χ4n) is 6.79. The van der Waals surface area contributed by atoms with Crippen molar-refractivity contribution in [2.45, 2.75) is 56.4 Å². The summed E-state index contributed by atoms with van der Waals surface area (Å²) in [5.41, 5.74) is 2.38. The number of rotatable bonds is 13. The third-order valence-corrected chi connectivity index (χ3v) is 8.70. The first-order chi connectivity index (χ1) is 22.4. The third-order valence-electron chi connectivity index (χ3n) is 8.70. The number of benzene rings is 4. The molecule has 5 rings (SSSR count). The summed E-state index contributed by atoms with van der Waals surface area (Å²) < 4.78 is 33.1. The number of hydrogen-bond acceptors (Lipinski definition) is 6. The Balaban J connectivity index is 1.80. The van der Waals surface area contributed by atoms with Crippen LogP contribution in [0.15, 0.2) is 133 Å². The summed E-state index contributed by atoms with van der Waals surface area (Å²) in [6.07, 6.45) is 0.627. The van der Waals surface area contributed by atoms with Gasteiger partial charge in [0.05, 0.1) is 13.0 Å². The normalized spacial score (nSPS) is 17.4. The van der Waals surface area contributed by atoms with E-state index < -0.39 is 36.3 Å². The highest BCUT2D eigenvalue weighted by molar-refractivity contribution is 6.48. The Morgan fingerprint density at radius 2 is 1.04 bits per heavy atom. The van der Waals surface area contributed by atoms with E-state index in [0.717, 1.165) is 27.8 Å². The van der Waals surface area contributed by atoms with Gasteiger partial charge in [-0.15, -0.1) is 0 Å². The summed E-state index contributed by atoms with van der Waals surface area (Å²) in [5.74, 6) is -0.746. The van der Waals surface area contributed by atoms with E-state index >= 15 is 0 Å². The summed E-state index contributed by atoms with van der Waals surface area (Å²) in [7, 11) is 2.59. The van der Waals surface area contributed by atoms with E-state index in [9.17, 15) is 4.79 Å². The molecule has 1 saturated heterocycles. The summed E-state index contributed by atoms with van der Waals surface area (Å²) in [5, 5.41) is 0. The molecule has 7 heteroatoms. The molecule has 1 heterocycles. The molecule has 0 bridgehead atoms. The maximum Gasteiger partial charge on any atom is 0.465 e. The molecule has 0 aromatic heterocycles. The van der Waals surface area contributed by atoms with Gasteiger partial charge in [0, 0.05) is 20.0 Å². The highest BCUT2D eigenvalue weighted by Gasteiger charge is 2.62. The van der Waals surface area contributed by atoms with Crippen LogP contribution in [0.4, 0.5) is 0 Å². The Kier molecular flexibility index (Phi) is 10.9. The molecule has 0 aliphatic carbocycles. The van der Waals surface area contributed by atoms with Crippen LogP contribution in [0.3, 0.4) is 0 Å². The Bertz CT molecular complexity index is 1380.